The fourth-order valence-electron chi connectivity index (χ4n) is 2.80. The minimum Gasteiger partial charge on any atom is -0.237 e. The molecule has 0 aromatic carbocycles. The van der Waals surface area contributed by atoms with Crippen LogP contribution in [0.4, 0.5) is 0 Å². The number of sulfonamides is 1. The topological polar surface area (TPSA) is 67.6 Å². The largest absolute Gasteiger partial charge is 0.252 e. The Kier molecular flexibility index (Phi) is 3.45. The predicted octanol–water partition coefficient (Wildman–Crippen LogP) is 2.50. The molecule has 0 atom stereocenters. The van der Waals surface area contributed by atoms with Gasteiger partial charge in [-0.25, -0.2) is 17.9 Å². The Hall–Kier alpha value is -1.48. The van der Waals surface area contributed by atoms with Crippen molar-refractivity contribution < 1.29 is 8.42 Å². The van der Waals surface area contributed by atoms with Crippen LogP contribution in [0.15, 0.2) is 28.6 Å². The van der Waals surface area contributed by atoms with Crippen LogP contribution >= 0.6 is 22.9 Å². The lowest BCUT2D eigenvalue weighted by molar-refractivity contribution is 0.385. The summed E-state index contributed by atoms with van der Waals surface area (Å²) in [5.41, 5.74) is 3.61. The molecule has 3 aromatic heterocycles. The molecule has 0 spiro atoms. The van der Waals surface area contributed by atoms with Crippen molar-refractivity contribution >= 4 is 38.6 Å². The van der Waals surface area contributed by atoms with Gasteiger partial charge in [-0.2, -0.15) is 9.40 Å². The van der Waals surface area contributed by atoms with Crippen molar-refractivity contribution in [2.45, 2.75) is 24.1 Å². The smallest absolute Gasteiger partial charge is 0.237 e. The maximum atomic E-state index is 12.7. The Bertz CT molecular complexity index is 1010. The number of hydrogen-bond donors (Lipinski definition) is 0. The molecule has 9 heteroatoms. The van der Waals surface area contributed by atoms with Crippen LogP contribution in [0, 0.1) is 6.92 Å². The first-order valence-electron chi connectivity index (χ1n) is 7.04. The van der Waals surface area contributed by atoms with Crippen LogP contribution < -0.4 is 0 Å². The molecule has 6 nitrogen and oxygen atoms in total. The van der Waals surface area contributed by atoms with E-state index in [4.69, 9.17) is 11.6 Å². The summed E-state index contributed by atoms with van der Waals surface area (Å²) in [6.07, 6.45) is 2.35. The van der Waals surface area contributed by atoms with Gasteiger partial charge in [0.2, 0.25) is 0 Å². The second kappa shape index (κ2) is 5.27. The summed E-state index contributed by atoms with van der Waals surface area (Å²) in [7, 11) is -3.52. The van der Waals surface area contributed by atoms with Crippen LogP contribution in [0.1, 0.15) is 17.0 Å². The van der Waals surface area contributed by atoms with Gasteiger partial charge in [0, 0.05) is 37.3 Å². The van der Waals surface area contributed by atoms with Crippen LogP contribution in [0.5, 0.6) is 0 Å². The van der Waals surface area contributed by atoms with Gasteiger partial charge in [0.15, 0.2) is 5.65 Å². The number of thiophene rings is 1. The van der Waals surface area contributed by atoms with E-state index in [2.05, 4.69) is 10.1 Å². The first kappa shape index (κ1) is 15.1. The average molecular weight is 369 g/mol. The van der Waals surface area contributed by atoms with E-state index in [1.54, 1.807) is 18.3 Å². The third-order valence-electron chi connectivity index (χ3n) is 3.88. The molecular formula is C14H13ClN4O2S2. The van der Waals surface area contributed by atoms with Crippen LogP contribution in [0.25, 0.3) is 5.65 Å². The van der Waals surface area contributed by atoms with Gasteiger partial charge in [0.05, 0.1) is 15.7 Å². The van der Waals surface area contributed by atoms with Crippen LogP contribution in [-0.4, -0.2) is 33.9 Å². The molecule has 3 aromatic rings. The standard InChI is InChI=1S/C14H13ClN4O2S2/c1-9-6-13-16-7-10-8-18(5-4-11(10)19(13)17-9)23(20,21)14-3-2-12(15)22-14/h2-3,6-7H,4-5,8H2,1H3. The number of hydrogen-bond acceptors (Lipinski definition) is 5. The van der Waals surface area contributed by atoms with Crippen molar-refractivity contribution in [2.24, 2.45) is 0 Å². The molecule has 0 N–H and O–H groups in total. The van der Waals surface area contributed by atoms with Crippen LogP contribution in [0.2, 0.25) is 4.34 Å². The summed E-state index contributed by atoms with van der Waals surface area (Å²) in [4.78, 5) is 4.37. The summed E-state index contributed by atoms with van der Waals surface area (Å²) in [6, 6.07) is 5.07. The minimum atomic E-state index is -3.52. The van der Waals surface area contributed by atoms with Gasteiger partial charge in [-0.05, 0) is 19.1 Å². The molecule has 23 heavy (non-hydrogen) atoms. The summed E-state index contributed by atoms with van der Waals surface area (Å²) in [5, 5.41) is 4.45. The summed E-state index contributed by atoms with van der Waals surface area (Å²) >= 11 is 6.95. The molecule has 4 heterocycles. The lowest BCUT2D eigenvalue weighted by atomic mass is 10.1. The number of fused-ring (bicyclic) bond motifs is 3. The number of aromatic nitrogens is 3. The fourth-order valence-corrected chi connectivity index (χ4v) is 5.85. The molecular weight excluding hydrogens is 356 g/mol. The molecule has 0 saturated heterocycles. The first-order valence-corrected chi connectivity index (χ1v) is 9.67. The van der Waals surface area contributed by atoms with Gasteiger partial charge in [-0.1, -0.05) is 11.6 Å². The summed E-state index contributed by atoms with van der Waals surface area (Å²) in [5.74, 6) is 0. The molecule has 0 aliphatic carbocycles. The molecule has 0 unspecified atom stereocenters. The van der Waals surface area contributed by atoms with E-state index < -0.39 is 10.0 Å². The molecule has 120 valence electrons. The highest BCUT2D eigenvalue weighted by molar-refractivity contribution is 7.91. The average Bonchev–Trinajstić information content (AvgIpc) is 3.12. The van der Waals surface area contributed by atoms with Gasteiger partial charge in [0.1, 0.15) is 4.21 Å². The molecule has 0 fully saturated rings. The molecule has 0 bridgehead atoms. The summed E-state index contributed by atoms with van der Waals surface area (Å²) in [6.45, 7) is 2.64. The van der Waals surface area contributed by atoms with Crippen molar-refractivity contribution in [3.8, 4) is 0 Å². The maximum Gasteiger partial charge on any atom is 0.252 e. The lowest BCUT2D eigenvalue weighted by Gasteiger charge is -2.27. The first-order chi connectivity index (χ1) is 10.9. The fraction of sp³-hybridized carbons (Fsp3) is 0.286. The quantitative estimate of drug-likeness (QED) is 0.697. The summed E-state index contributed by atoms with van der Waals surface area (Å²) < 4.78 is 29.5. The van der Waals surface area contributed by atoms with Gasteiger partial charge in [0.25, 0.3) is 10.0 Å². The van der Waals surface area contributed by atoms with Crippen molar-refractivity contribution in [1.29, 1.82) is 0 Å². The van der Waals surface area contributed by atoms with E-state index >= 15 is 0 Å². The molecule has 4 rings (SSSR count). The molecule has 1 aliphatic heterocycles. The second-order valence-electron chi connectivity index (χ2n) is 5.43. The van der Waals surface area contributed by atoms with E-state index in [1.165, 1.54) is 4.31 Å². The number of nitrogens with zero attached hydrogens (tertiary/aromatic N) is 4. The maximum absolute atomic E-state index is 12.7. The van der Waals surface area contributed by atoms with E-state index in [-0.39, 0.29) is 4.21 Å². The van der Waals surface area contributed by atoms with E-state index in [1.807, 2.05) is 17.5 Å². The second-order valence-corrected chi connectivity index (χ2v) is 9.31. The lowest BCUT2D eigenvalue weighted by Crippen LogP contribution is -2.36. The normalized spacial score (nSPS) is 15.9. The Morgan fingerprint density at radius 3 is 2.91 bits per heavy atom. The van der Waals surface area contributed by atoms with Gasteiger partial charge in [-0.15, -0.1) is 11.3 Å². The van der Waals surface area contributed by atoms with Crippen LogP contribution in [-0.2, 0) is 23.0 Å². The van der Waals surface area contributed by atoms with Crippen molar-refractivity contribution in [1.82, 2.24) is 18.9 Å². The van der Waals surface area contributed by atoms with E-state index in [0.717, 1.165) is 33.9 Å². The number of halogens is 1. The zero-order valence-electron chi connectivity index (χ0n) is 12.2. The van der Waals surface area contributed by atoms with Gasteiger partial charge in [-0.3, -0.25) is 0 Å². The highest BCUT2D eigenvalue weighted by atomic mass is 35.5. The molecule has 0 saturated carbocycles. The highest BCUT2D eigenvalue weighted by Gasteiger charge is 2.30. The Balaban J connectivity index is 1.73. The monoisotopic (exact) mass is 368 g/mol. The Morgan fingerprint density at radius 1 is 1.35 bits per heavy atom. The predicted molar refractivity (Wildman–Crippen MR) is 88.4 cm³/mol. The third-order valence-corrected chi connectivity index (χ3v) is 7.42. The Labute approximate surface area is 142 Å². The zero-order chi connectivity index (χ0) is 16.2. The molecule has 1 aliphatic rings. The van der Waals surface area contributed by atoms with Crippen molar-refractivity contribution in [3.05, 3.63) is 45.7 Å². The highest BCUT2D eigenvalue weighted by Crippen LogP contribution is 2.31. The van der Waals surface area contributed by atoms with E-state index in [9.17, 15) is 8.42 Å². The van der Waals surface area contributed by atoms with Gasteiger partial charge >= 0.3 is 0 Å². The van der Waals surface area contributed by atoms with Gasteiger partial charge < -0.3 is 0 Å². The zero-order valence-corrected chi connectivity index (χ0v) is 14.6. The Morgan fingerprint density at radius 2 is 2.17 bits per heavy atom. The number of rotatable bonds is 2. The van der Waals surface area contributed by atoms with Crippen molar-refractivity contribution in [2.75, 3.05) is 6.54 Å². The number of aryl methyl sites for hydroxylation is 1. The third kappa shape index (κ3) is 2.46. The SMILES string of the molecule is Cc1cc2ncc3c(n2n1)CCN(S(=O)(=O)c1ccc(Cl)s1)C3. The minimum absolute atomic E-state index is 0.273. The van der Waals surface area contributed by atoms with Crippen molar-refractivity contribution in [3.63, 3.8) is 0 Å². The van der Waals surface area contributed by atoms with E-state index in [0.29, 0.717) is 23.8 Å². The van der Waals surface area contributed by atoms with Crippen LogP contribution in [0.3, 0.4) is 0 Å². The molecule has 0 radical (unpaired) electrons. The molecule has 0 amide bonds.